The molecule has 0 N–H and O–H groups in total. The van der Waals surface area contributed by atoms with Gasteiger partial charge in [0.15, 0.2) is 5.78 Å². The first-order valence-electron chi connectivity index (χ1n) is 4.81. The Morgan fingerprint density at radius 2 is 2.13 bits per heavy atom. The largest absolute Gasteiger partial charge is 0.485 e. The van der Waals surface area contributed by atoms with Gasteiger partial charge in [-0.25, -0.2) is 4.39 Å². The van der Waals surface area contributed by atoms with Crippen LogP contribution in [0.2, 0.25) is 0 Å². The molecule has 1 fully saturated rings. The van der Waals surface area contributed by atoms with E-state index in [1.165, 1.54) is 12.1 Å². The fourth-order valence-corrected chi connectivity index (χ4v) is 2.44. The third kappa shape index (κ3) is 1.39. The summed E-state index contributed by atoms with van der Waals surface area (Å²) in [6.07, 6.45) is 2.22. The van der Waals surface area contributed by atoms with E-state index in [0.29, 0.717) is 22.2 Å². The third-order valence-corrected chi connectivity index (χ3v) is 3.51. The van der Waals surface area contributed by atoms with Gasteiger partial charge in [0.2, 0.25) is 0 Å². The lowest BCUT2D eigenvalue weighted by Crippen LogP contribution is -2.28. The molecule has 1 heterocycles. The van der Waals surface area contributed by atoms with Crippen molar-refractivity contribution < 1.29 is 13.9 Å². The molecule has 0 radical (unpaired) electrons. The van der Waals surface area contributed by atoms with Crippen LogP contribution in [0.5, 0.6) is 5.75 Å². The van der Waals surface area contributed by atoms with E-state index in [9.17, 15) is 9.18 Å². The lowest BCUT2D eigenvalue weighted by Gasteiger charge is -2.25. The molecular formula is C11H8BrFO2. The van der Waals surface area contributed by atoms with Gasteiger partial charge in [0.05, 0.1) is 16.5 Å². The fourth-order valence-electron chi connectivity index (χ4n) is 1.93. The number of carbonyl (C=O) groups is 1. The van der Waals surface area contributed by atoms with Gasteiger partial charge < -0.3 is 4.74 Å². The zero-order chi connectivity index (χ0) is 10.6. The molecule has 3 rings (SSSR count). The van der Waals surface area contributed by atoms with Crippen LogP contribution in [0.25, 0.3) is 0 Å². The van der Waals surface area contributed by atoms with Gasteiger partial charge in [-0.05, 0) is 40.9 Å². The molecule has 1 aromatic carbocycles. The van der Waals surface area contributed by atoms with E-state index < -0.39 is 5.82 Å². The maximum atomic E-state index is 13.1. The molecule has 15 heavy (non-hydrogen) atoms. The van der Waals surface area contributed by atoms with Crippen molar-refractivity contribution in [3.63, 3.8) is 0 Å². The van der Waals surface area contributed by atoms with E-state index in [1.54, 1.807) is 0 Å². The molecule has 1 spiro atoms. The Balaban J connectivity index is 2.16. The molecule has 1 aromatic rings. The Morgan fingerprint density at radius 1 is 1.40 bits per heavy atom. The molecule has 78 valence electrons. The number of halogens is 2. The quantitative estimate of drug-likeness (QED) is 0.724. The number of hydrogen-bond acceptors (Lipinski definition) is 2. The summed E-state index contributed by atoms with van der Waals surface area (Å²) in [5.74, 6) is 0.0726. The minimum Gasteiger partial charge on any atom is -0.485 e. The number of fused-ring (bicyclic) bond motifs is 1. The summed E-state index contributed by atoms with van der Waals surface area (Å²) in [4.78, 5) is 11.8. The van der Waals surface area contributed by atoms with Crippen LogP contribution in [-0.4, -0.2) is 11.4 Å². The summed E-state index contributed by atoms with van der Waals surface area (Å²) in [5.41, 5.74) is 0.0872. The maximum absolute atomic E-state index is 13.1. The minimum atomic E-state index is -0.413. The third-order valence-electron chi connectivity index (χ3n) is 2.92. The number of ketones is 1. The van der Waals surface area contributed by atoms with Crippen LogP contribution in [0.3, 0.4) is 0 Å². The molecule has 0 aromatic heterocycles. The van der Waals surface area contributed by atoms with Crippen molar-refractivity contribution >= 4 is 21.7 Å². The van der Waals surface area contributed by atoms with Crippen LogP contribution < -0.4 is 4.74 Å². The van der Waals surface area contributed by atoms with Gasteiger partial charge in [-0.1, -0.05) is 0 Å². The van der Waals surface area contributed by atoms with Crippen molar-refractivity contribution in [3.05, 3.63) is 28.0 Å². The van der Waals surface area contributed by atoms with Gasteiger partial charge in [0.1, 0.15) is 17.2 Å². The second-order valence-electron chi connectivity index (χ2n) is 4.15. The highest BCUT2D eigenvalue weighted by atomic mass is 79.9. The fraction of sp³-hybridized carbons (Fsp3) is 0.364. The summed E-state index contributed by atoms with van der Waals surface area (Å²) in [7, 11) is 0. The Kier molecular flexibility index (Phi) is 1.75. The predicted octanol–water partition coefficient (Wildman–Crippen LogP) is 3.09. The van der Waals surface area contributed by atoms with Gasteiger partial charge in [-0.3, -0.25) is 4.79 Å². The van der Waals surface area contributed by atoms with Crippen LogP contribution in [-0.2, 0) is 0 Å². The van der Waals surface area contributed by atoms with Crippen LogP contribution in [0.4, 0.5) is 4.39 Å². The second kappa shape index (κ2) is 2.82. The van der Waals surface area contributed by atoms with Crippen LogP contribution >= 0.6 is 15.9 Å². The second-order valence-corrected chi connectivity index (χ2v) is 5.00. The standard InChI is InChI=1S/C11H8BrFO2/c12-8-4-6(13)3-7-9(14)5-11(1-2-11)15-10(7)8/h3-4H,1-2,5H2. The number of hydrogen-bond donors (Lipinski definition) is 0. The van der Waals surface area contributed by atoms with Gasteiger partial charge in [0, 0.05) is 0 Å². The average Bonchev–Trinajstić information content (AvgIpc) is 2.88. The Hall–Kier alpha value is -0.900. The Labute approximate surface area is 94.6 Å². The van der Waals surface area contributed by atoms with Crippen molar-refractivity contribution in [1.29, 1.82) is 0 Å². The molecule has 2 aliphatic rings. The number of carbonyl (C=O) groups excluding carboxylic acids is 1. The van der Waals surface area contributed by atoms with E-state index in [4.69, 9.17) is 4.74 Å². The van der Waals surface area contributed by atoms with Gasteiger partial charge in [0.25, 0.3) is 0 Å². The molecule has 1 aliphatic heterocycles. The number of benzene rings is 1. The molecule has 0 saturated heterocycles. The highest BCUT2D eigenvalue weighted by Crippen LogP contribution is 2.50. The summed E-state index contributed by atoms with van der Waals surface area (Å²) in [5, 5.41) is 0. The van der Waals surface area contributed by atoms with E-state index in [0.717, 1.165) is 12.8 Å². The monoisotopic (exact) mass is 270 g/mol. The van der Waals surface area contributed by atoms with Crippen molar-refractivity contribution in [2.24, 2.45) is 0 Å². The number of ether oxygens (including phenoxy) is 1. The SMILES string of the molecule is O=C1CC2(CC2)Oc2c(Br)cc(F)cc21. The highest BCUT2D eigenvalue weighted by Gasteiger charge is 2.51. The first kappa shape index (κ1) is 9.33. The van der Waals surface area contributed by atoms with Crippen molar-refractivity contribution in [2.45, 2.75) is 24.9 Å². The summed E-state index contributed by atoms with van der Waals surface area (Å²) < 4.78 is 19.4. The minimum absolute atomic E-state index is 0.0195. The van der Waals surface area contributed by atoms with Crippen LogP contribution in [0.15, 0.2) is 16.6 Å². The molecule has 0 bridgehead atoms. The zero-order valence-electron chi connectivity index (χ0n) is 7.85. The molecule has 1 saturated carbocycles. The number of rotatable bonds is 0. The van der Waals surface area contributed by atoms with Crippen LogP contribution in [0.1, 0.15) is 29.6 Å². The summed E-state index contributed by atoms with van der Waals surface area (Å²) >= 11 is 3.22. The van der Waals surface area contributed by atoms with E-state index in [-0.39, 0.29) is 11.4 Å². The van der Waals surface area contributed by atoms with Gasteiger partial charge >= 0.3 is 0 Å². The molecule has 1 aliphatic carbocycles. The van der Waals surface area contributed by atoms with E-state index in [1.807, 2.05) is 0 Å². The molecule has 2 nitrogen and oxygen atoms in total. The maximum Gasteiger partial charge on any atom is 0.170 e. The van der Waals surface area contributed by atoms with E-state index in [2.05, 4.69) is 15.9 Å². The lowest BCUT2D eigenvalue weighted by molar-refractivity contribution is 0.0808. The Bertz CT molecular complexity index is 466. The first-order chi connectivity index (χ1) is 7.10. The predicted molar refractivity (Wildman–Crippen MR) is 55.6 cm³/mol. The van der Waals surface area contributed by atoms with Crippen molar-refractivity contribution in [3.8, 4) is 5.75 Å². The van der Waals surface area contributed by atoms with Gasteiger partial charge in [-0.2, -0.15) is 0 Å². The van der Waals surface area contributed by atoms with Crippen LogP contribution in [0, 0.1) is 5.82 Å². The molecular weight excluding hydrogens is 263 g/mol. The smallest absolute Gasteiger partial charge is 0.170 e. The highest BCUT2D eigenvalue weighted by molar-refractivity contribution is 9.10. The first-order valence-corrected chi connectivity index (χ1v) is 5.60. The molecule has 4 heteroatoms. The number of Topliss-reactive ketones (excluding diaryl/α,β-unsaturated/α-hetero) is 1. The molecule has 0 amide bonds. The topological polar surface area (TPSA) is 26.3 Å². The van der Waals surface area contributed by atoms with Crippen molar-refractivity contribution in [2.75, 3.05) is 0 Å². The van der Waals surface area contributed by atoms with Gasteiger partial charge in [-0.15, -0.1) is 0 Å². The normalized spacial score (nSPS) is 21.1. The molecule has 0 atom stereocenters. The van der Waals surface area contributed by atoms with Crippen molar-refractivity contribution in [1.82, 2.24) is 0 Å². The lowest BCUT2D eigenvalue weighted by atomic mass is 9.99. The average molecular weight is 271 g/mol. The summed E-state index contributed by atoms with van der Waals surface area (Å²) in [6, 6.07) is 2.57. The Morgan fingerprint density at radius 3 is 2.80 bits per heavy atom. The van der Waals surface area contributed by atoms with E-state index >= 15 is 0 Å². The molecule has 0 unspecified atom stereocenters. The zero-order valence-corrected chi connectivity index (χ0v) is 9.43. The summed E-state index contributed by atoms with van der Waals surface area (Å²) in [6.45, 7) is 0.